The smallest absolute Gasteiger partial charge is 0.178 e. The van der Waals surface area contributed by atoms with Gasteiger partial charge in [-0.15, -0.1) is 0 Å². The summed E-state index contributed by atoms with van der Waals surface area (Å²) in [4.78, 5) is 0.242. The molecule has 0 aromatic carbocycles. The minimum Gasteiger partial charge on any atom is -0.326 e. The number of hydrogen-bond donors (Lipinski definition) is 1. The zero-order valence-corrected chi connectivity index (χ0v) is 9.87. The average Bonchev–Trinajstić information content (AvgIpc) is 2.52. The van der Waals surface area contributed by atoms with E-state index in [0.717, 1.165) is 12.8 Å². The molecule has 15 heavy (non-hydrogen) atoms. The highest BCUT2D eigenvalue weighted by atomic mass is 32.2. The molecule has 0 aliphatic rings. The first kappa shape index (κ1) is 12.2. The molecule has 1 aromatic heterocycles. The summed E-state index contributed by atoms with van der Waals surface area (Å²) in [5.41, 5.74) is 5.82. The van der Waals surface area contributed by atoms with Gasteiger partial charge in [0.15, 0.2) is 9.84 Å². The maximum Gasteiger partial charge on any atom is 0.178 e. The van der Waals surface area contributed by atoms with Crippen LogP contribution >= 0.6 is 0 Å². The van der Waals surface area contributed by atoms with Crippen molar-refractivity contribution < 1.29 is 8.42 Å². The van der Waals surface area contributed by atoms with Crippen molar-refractivity contribution in [3.63, 3.8) is 0 Å². The quantitative estimate of drug-likeness (QED) is 0.796. The van der Waals surface area contributed by atoms with E-state index in [9.17, 15) is 8.42 Å². The molecule has 1 heterocycles. The SMILES string of the molecule is CCCC(N)Cn1cc(S(C)(=O)=O)cn1. The zero-order valence-electron chi connectivity index (χ0n) is 9.05. The van der Waals surface area contributed by atoms with Crippen LogP contribution in [-0.4, -0.2) is 30.5 Å². The highest BCUT2D eigenvalue weighted by Crippen LogP contribution is 2.07. The molecule has 0 aliphatic carbocycles. The number of nitrogens with zero attached hydrogens (tertiary/aromatic N) is 2. The number of rotatable bonds is 5. The highest BCUT2D eigenvalue weighted by Gasteiger charge is 2.11. The lowest BCUT2D eigenvalue weighted by atomic mass is 10.2. The van der Waals surface area contributed by atoms with E-state index in [-0.39, 0.29) is 10.9 Å². The normalized spacial score (nSPS) is 14.1. The van der Waals surface area contributed by atoms with Gasteiger partial charge in [-0.3, -0.25) is 4.68 Å². The molecule has 0 saturated heterocycles. The van der Waals surface area contributed by atoms with E-state index in [1.807, 2.05) is 0 Å². The third-order valence-electron chi connectivity index (χ3n) is 2.12. The fraction of sp³-hybridized carbons (Fsp3) is 0.667. The number of hydrogen-bond acceptors (Lipinski definition) is 4. The van der Waals surface area contributed by atoms with Crippen LogP contribution in [0.15, 0.2) is 17.3 Å². The van der Waals surface area contributed by atoms with Crippen molar-refractivity contribution in [1.29, 1.82) is 0 Å². The van der Waals surface area contributed by atoms with E-state index in [4.69, 9.17) is 5.73 Å². The Labute approximate surface area is 90.2 Å². The van der Waals surface area contributed by atoms with Gasteiger partial charge in [0, 0.05) is 18.5 Å². The molecular weight excluding hydrogens is 214 g/mol. The second kappa shape index (κ2) is 4.76. The monoisotopic (exact) mass is 231 g/mol. The van der Waals surface area contributed by atoms with Gasteiger partial charge in [0.05, 0.1) is 12.7 Å². The fourth-order valence-electron chi connectivity index (χ4n) is 1.34. The van der Waals surface area contributed by atoms with Gasteiger partial charge in [-0.2, -0.15) is 5.10 Å². The van der Waals surface area contributed by atoms with Crippen molar-refractivity contribution in [1.82, 2.24) is 9.78 Å². The molecule has 0 fully saturated rings. The van der Waals surface area contributed by atoms with E-state index in [2.05, 4.69) is 12.0 Å². The Kier molecular flexibility index (Phi) is 3.87. The number of sulfone groups is 1. The Hall–Kier alpha value is -0.880. The second-order valence-electron chi connectivity index (χ2n) is 3.72. The average molecular weight is 231 g/mol. The van der Waals surface area contributed by atoms with Gasteiger partial charge < -0.3 is 5.73 Å². The predicted octanol–water partition coefficient (Wildman–Crippen LogP) is 0.414. The Balaban J connectivity index is 2.69. The van der Waals surface area contributed by atoms with Gasteiger partial charge in [0.2, 0.25) is 0 Å². The molecule has 86 valence electrons. The zero-order chi connectivity index (χ0) is 11.5. The maximum atomic E-state index is 11.2. The first-order chi connectivity index (χ1) is 6.93. The first-order valence-corrected chi connectivity index (χ1v) is 6.80. The van der Waals surface area contributed by atoms with Gasteiger partial charge in [0.1, 0.15) is 4.90 Å². The molecule has 6 heteroatoms. The van der Waals surface area contributed by atoms with Gasteiger partial charge >= 0.3 is 0 Å². The van der Waals surface area contributed by atoms with Crippen molar-refractivity contribution in [2.45, 2.75) is 37.2 Å². The number of nitrogens with two attached hydrogens (primary N) is 1. The standard InChI is InChI=1S/C9H17N3O2S/c1-3-4-8(10)6-12-7-9(5-11-12)15(2,13)14/h5,7-8H,3-4,6,10H2,1-2H3. The summed E-state index contributed by atoms with van der Waals surface area (Å²) in [5, 5.41) is 3.96. The largest absolute Gasteiger partial charge is 0.326 e. The van der Waals surface area contributed by atoms with Crippen molar-refractivity contribution >= 4 is 9.84 Å². The Morgan fingerprint density at radius 2 is 2.27 bits per heavy atom. The van der Waals surface area contributed by atoms with E-state index in [1.54, 1.807) is 4.68 Å². The summed E-state index contributed by atoms with van der Waals surface area (Å²) < 4.78 is 23.9. The molecule has 0 bridgehead atoms. The van der Waals surface area contributed by atoms with E-state index in [1.165, 1.54) is 18.6 Å². The van der Waals surface area contributed by atoms with Crippen molar-refractivity contribution in [3.8, 4) is 0 Å². The van der Waals surface area contributed by atoms with Gasteiger partial charge in [-0.25, -0.2) is 8.42 Å². The van der Waals surface area contributed by atoms with E-state index in [0.29, 0.717) is 6.54 Å². The van der Waals surface area contributed by atoms with Crippen LogP contribution in [0.25, 0.3) is 0 Å². The molecule has 0 radical (unpaired) electrons. The van der Waals surface area contributed by atoms with Crippen LogP contribution in [0.2, 0.25) is 0 Å². The minimum absolute atomic E-state index is 0.0299. The molecule has 5 nitrogen and oxygen atoms in total. The van der Waals surface area contributed by atoms with Crippen LogP contribution in [0.4, 0.5) is 0 Å². The first-order valence-electron chi connectivity index (χ1n) is 4.91. The van der Waals surface area contributed by atoms with E-state index >= 15 is 0 Å². The van der Waals surface area contributed by atoms with Gasteiger partial charge in [-0.05, 0) is 6.42 Å². The van der Waals surface area contributed by atoms with Crippen LogP contribution in [0.3, 0.4) is 0 Å². The predicted molar refractivity (Wildman–Crippen MR) is 58.2 cm³/mol. The Bertz CT molecular complexity index is 411. The summed E-state index contributed by atoms with van der Waals surface area (Å²) in [5.74, 6) is 0. The summed E-state index contributed by atoms with van der Waals surface area (Å²) in [6.45, 7) is 2.62. The molecular formula is C9H17N3O2S. The molecule has 0 saturated carbocycles. The van der Waals surface area contributed by atoms with E-state index < -0.39 is 9.84 Å². The van der Waals surface area contributed by atoms with Crippen LogP contribution in [0.5, 0.6) is 0 Å². The molecule has 1 rings (SSSR count). The van der Waals surface area contributed by atoms with Gasteiger partial charge in [0.25, 0.3) is 0 Å². The molecule has 0 amide bonds. The lowest BCUT2D eigenvalue weighted by molar-refractivity contribution is 0.481. The minimum atomic E-state index is -3.15. The van der Waals surface area contributed by atoms with Crippen LogP contribution in [-0.2, 0) is 16.4 Å². The van der Waals surface area contributed by atoms with Crippen molar-refractivity contribution in [2.24, 2.45) is 5.73 Å². The summed E-state index contributed by atoms with van der Waals surface area (Å²) in [6, 6.07) is 0.0299. The molecule has 1 aromatic rings. The molecule has 1 atom stereocenters. The van der Waals surface area contributed by atoms with Crippen molar-refractivity contribution in [3.05, 3.63) is 12.4 Å². The Morgan fingerprint density at radius 3 is 2.73 bits per heavy atom. The molecule has 2 N–H and O–H groups in total. The summed E-state index contributed by atoms with van der Waals surface area (Å²) >= 11 is 0. The third-order valence-corrected chi connectivity index (χ3v) is 3.19. The highest BCUT2D eigenvalue weighted by molar-refractivity contribution is 7.90. The van der Waals surface area contributed by atoms with Gasteiger partial charge in [-0.1, -0.05) is 13.3 Å². The third kappa shape index (κ3) is 3.64. The summed E-state index contributed by atoms with van der Waals surface area (Å²) in [7, 11) is -3.15. The summed E-state index contributed by atoms with van der Waals surface area (Å²) in [6.07, 6.45) is 5.97. The molecule has 0 spiro atoms. The van der Waals surface area contributed by atoms with Crippen LogP contribution < -0.4 is 5.73 Å². The molecule has 1 unspecified atom stereocenters. The topological polar surface area (TPSA) is 78.0 Å². The fourth-order valence-corrected chi connectivity index (χ4v) is 1.89. The lowest BCUT2D eigenvalue weighted by Crippen LogP contribution is -2.26. The Morgan fingerprint density at radius 1 is 1.60 bits per heavy atom. The van der Waals surface area contributed by atoms with Crippen molar-refractivity contribution in [2.75, 3.05) is 6.26 Å². The van der Waals surface area contributed by atoms with Crippen LogP contribution in [0, 0.1) is 0 Å². The lowest BCUT2D eigenvalue weighted by Gasteiger charge is -2.09. The molecule has 0 aliphatic heterocycles. The maximum absolute atomic E-state index is 11.2. The second-order valence-corrected chi connectivity index (χ2v) is 5.73. The number of aromatic nitrogens is 2. The van der Waals surface area contributed by atoms with Crippen LogP contribution in [0.1, 0.15) is 19.8 Å².